The van der Waals surface area contributed by atoms with Crippen molar-refractivity contribution in [2.24, 2.45) is 0 Å². The van der Waals surface area contributed by atoms with E-state index < -0.39 is 0 Å². The Morgan fingerprint density at radius 2 is 1.89 bits per heavy atom. The van der Waals surface area contributed by atoms with Gasteiger partial charge in [0.15, 0.2) is 0 Å². The van der Waals surface area contributed by atoms with Crippen molar-refractivity contribution in [3.8, 4) is 11.5 Å². The van der Waals surface area contributed by atoms with Crippen molar-refractivity contribution in [2.75, 3.05) is 12.8 Å². The third-order valence-corrected chi connectivity index (χ3v) is 4.42. The third kappa shape index (κ3) is 5.31. The number of rotatable bonds is 7. The minimum absolute atomic E-state index is 0.185. The van der Waals surface area contributed by atoms with Crippen LogP contribution in [0.3, 0.4) is 0 Å². The van der Waals surface area contributed by atoms with Crippen molar-refractivity contribution in [1.29, 1.82) is 0 Å². The minimum atomic E-state index is -0.275. The quantitative estimate of drug-likeness (QED) is 0.570. The molecule has 6 nitrogen and oxygen atoms in total. The summed E-state index contributed by atoms with van der Waals surface area (Å²) >= 11 is 3.42. The first-order valence-electron chi connectivity index (χ1n) is 8.60. The highest BCUT2D eigenvalue weighted by atomic mass is 79.9. The molecule has 0 aliphatic carbocycles. The fraction of sp³-hybridized carbons (Fsp3) is 0.143. The summed E-state index contributed by atoms with van der Waals surface area (Å²) < 4.78 is 11.8. The number of hydrogen-bond acceptors (Lipinski definition) is 5. The highest BCUT2D eigenvalue weighted by Gasteiger charge is 2.11. The van der Waals surface area contributed by atoms with Crippen molar-refractivity contribution in [1.82, 2.24) is 10.3 Å². The van der Waals surface area contributed by atoms with Crippen LogP contribution >= 0.6 is 15.9 Å². The summed E-state index contributed by atoms with van der Waals surface area (Å²) in [7, 11) is 1.58. The predicted octanol–water partition coefficient (Wildman–Crippen LogP) is 4.30. The molecule has 1 heterocycles. The number of anilines is 1. The molecule has 0 saturated carbocycles. The molecule has 0 fully saturated rings. The largest absolute Gasteiger partial charge is 0.457 e. The summed E-state index contributed by atoms with van der Waals surface area (Å²) in [6.45, 7) is 0.718. The molecule has 144 valence electrons. The second-order valence-electron chi connectivity index (χ2n) is 6.05. The van der Waals surface area contributed by atoms with Gasteiger partial charge in [0.25, 0.3) is 5.91 Å². The molecular weight excluding hydrogens is 422 g/mol. The number of ether oxygens (including phenoxy) is 2. The number of hydrogen-bond donors (Lipinski definition) is 2. The maximum absolute atomic E-state index is 12.4. The van der Waals surface area contributed by atoms with E-state index in [2.05, 4.69) is 26.2 Å². The number of methoxy groups -OCH3 is 1. The highest BCUT2D eigenvalue weighted by Crippen LogP contribution is 2.24. The molecule has 0 saturated heterocycles. The number of pyridine rings is 1. The van der Waals surface area contributed by atoms with E-state index >= 15 is 0 Å². The molecule has 28 heavy (non-hydrogen) atoms. The van der Waals surface area contributed by atoms with Gasteiger partial charge in [-0.05, 0) is 48.0 Å². The fourth-order valence-electron chi connectivity index (χ4n) is 2.56. The molecule has 0 radical (unpaired) electrons. The normalized spacial score (nSPS) is 10.5. The number of nitrogens with one attached hydrogen (secondary N) is 1. The number of amides is 1. The molecule has 0 aliphatic heterocycles. The molecule has 1 aromatic heterocycles. The summed E-state index contributed by atoms with van der Waals surface area (Å²) in [5.41, 5.74) is 7.84. The summed E-state index contributed by atoms with van der Waals surface area (Å²) in [5, 5.41) is 2.85. The van der Waals surface area contributed by atoms with Crippen LogP contribution in [-0.2, 0) is 17.9 Å². The van der Waals surface area contributed by atoms with Crippen LogP contribution in [0.2, 0.25) is 0 Å². The van der Waals surface area contributed by atoms with Crippen molar-refractivity contribution in [2.45, 2.75) is 13.2 Å². The SMILES string of the molecule is COCc1ccc(C(=O)NCc2ccc(Oc3cccc(Br)c3)cc2)c(N)n1. The highest BCUT2D eigenvalue weighted by molar-refractivity contribution is 9.10. The Bertz CT molecular complexity index is 961. The van der Waals surface area contributed by atoms with Crippen molar-refractivity contribution >= 4 is 27.7 Å². The predicted molar refractivity (Wildman–Crippen MR) is 111 cm³/mol. The Morgan fingerprint density at radius 1 is 1.11 bits per heavy atom. The molecule has 0 aliphatic rings. The molecule has 0 atom stereocenters. The van der Waals surface area contributed by atoms with E-state index in [1.807, 2.05) is 48.5 Å². The molecule has 3 N–H and O–H groups in total. The van der Waals surface area contributed by atoms with Crippen LogP contribution < -0.4 is 15.8 Å². The van der Waals surface area contributed by atoms with Gasteiger partial charge in [0.2, 0.25) is 0 Å². The number of nitrogen functional groups attached to an aromatic ring is 1. The summed E-state index contributed by atoms with van der Waals surface area (Å²) in [5.74, 6) is 1.37. The zero-order chi connectivity index (χ0) is 19.9. The molecule has 0 spiro atoms. The van der Waals surface area contributed by atoms with Crippen LogP contribution in [0.15, 0.2) is 65.1 Å². The Hall–Kier alpha value is -2.90. The van der Waals surface area contributed by atoms with Gasteiger partial charge in [-0.1, -0.05) is 34.1 Å². The molecule has 2 aromatic carbocycles. The molecule has 3 aromatic rings. The molecule has 3 rings (SSSR count). The standard InChI is InChI=1S/C21H20BrN3O3/c1-27-13-16-7-10-19(20(23)25-16)21(26)24-12-14-5-8-17(9-6-14)28-18-4-2-3-15(22)11-18/h2-11H,12-13H2,1H3,(H2,23,25)(H,24,26). The number of benzene rings is 2. The van der Waals surface area contributed by atoms with Gasteiger partial charge in [0.05, 0.1) is 17.9 Å². The average molecular weight is 442 g/mol. The van der Waals surface area contributed by atoms with E-state index in [-0.39, 0.29) is 11.7 Å². The lowest BCUT2D eigenvalue weighted by Gasteiger charge is -2.10. The first-order chi connectivity index (χ1) is 13.5. The van der Waals surface area contributed by atoms with Gasteiger partial charge < -0.3 is 20.5 Å². The molecule has 0 bridgehead atoms. The Morgan fingerprint density at radius 3 is 2.57 bits per heavy atom. The number of carbonyl (C=O) groups excluding carboxylic acids is 1. The second-order valence-corrected chi connectivity index (χ2v) is 6.97. The lowest BCUT2D eigenvalue weighted by Crippen LogP contribution is -2.24. The van der Waals surface area contributed by atoms with Gasteiger partial charge in [-0.3, -0.25) is 4.79 Å². The molecule has 1 amide bonds. The topological polar surface area (TPSA) is 86.5 Å². The Balaban J connectivity index is 1.58. The van der Waals surface area contributed by atoms with E-state index in [9.17, 15) is 4.79 Å². The molecule has 7 heteroatoms. The van der Waals surface area contributed by atoms with Crippen molar-refractivity contribution < 1.29 is 14.3 Å². The van der Waals surface area contributed by atoms with E-state index in [1.54, 1.807) is 19.2 Å². The van der Waals surface area contributed by atoms with Gasteiger partial charge in [0, 0.05) is 18.1 Å². The van der Waals surface area contributed by atoms with Crippen LogP contribution in [0, 0.1) is 0 Å². The van der Waals surface area contributed by atoms with Crippen LogP contribution in [0.25, 0.3) is 0 Å². The number of halogens is 1. The van der Waals surface area contributed by atoms with Crippen LogP contribution in [-0.4, -0.2) is 18.0 Å². The Kier molecular flexibility index (Phi) is 6.62. The zero-order valence-electron chi connectivity index (χ0n) is 15.3. The van der Waals surface area contributed by atoms with Gasteiger partial charge in [-0.25, -0.2) is 4.98 Å². The van der Waals surface area contributed by atoms with Crippen molar-refractivity contribution in [3.63, 3.8) is 0 Å². The number of aromatic nitrogens is 1. The lowest BCUT2D eigenvalue weighted by molar-refractivity contribution is 0.0951. The van der Waals surface area contributed by atoms with E-state index in [0.29, 0.717) is 24.4 Å². The molecule has 0 unspecified atom stereocenters. The number of nitrogens with two attached hydrogens (primary N) is 1. The second kappa shape index (κ2) is 9.34. The number of nitrogens with zero attached hydrogens (tertiary/aromatic N) is 1. The first kappa shape index (κ1) is 19.9. The fourth-order valence-corrected chi connectivity index (χ4v) is 2.94. The molecular formula is C21H20BrN3O3. The van der Waals surface area contributed by atoms with E-state index in [1.165, 1.54) is 0 Å². The third-order valence-electron chi connectivity index (χ3n) is 3.93. The average Bonchev–Trinajstić information content (AvgIpc) is 2.68. The smallest absolute Gasteiger partial charge is 0.255 e. The van der Waals surface area contributed by atoms with Gasteiger partial charge in [-0.2, -0.15) is 0 Å². The van der Waals surface area contributed by atoms with Crippen molar-refractivity contribution in [3.05, 3.63) is 82.0 Å². The monoisotopic (exact) mass is 441 g/mol. The van der Waals surface area contributed by atoms with E-state index in [4.69, 9.17) is 15.2 Å². The van der Waals surface area contributed by atoms with Gasteiger partial charge >= 0.3 is 0 Å². The summed E-state index contributed by atoms with van der Waals surface area (Å²) in [6.07, 6.45) is 0. The van der Waals surface area contributed by atoms with Gasteiger partial charge in [-0.15, -0.1) is 0 Å². The minimum Gasteiger partial charge on any atom is -0.457 e. The summed E-state index contributed by atoms with van der Waals surface area (Å²) in [6, 6.07) is 18.5. The Labute approximate surface area is 171 Å². The van der Waals surface area contributed by atoms with Crippen LogP contribution in [0.4, 0.5) is 5.82 Å². The van der Waals surface area contributed by atoms with Crippen LogP contribution in [0.5, 0.6) is 11.5 Å². The number of carbonyl (C=O) groups is 1. The maximum Gasteiger partial charge on any atom is 0.255 e. The van der Waals surface area contributed by atoms with Crippen LogP contribution in [0.1, 0.15) is 21.6 Å². The first-order valence-corrected chi connectivity index (χ1v) is 9.39. The maximum atomic E-state index is 12.4. The summed E-state index contributed by atoms with van der Waals surface area (Å²) in [4.78, 5) is 16.5. The zero-order valence-corrected chi connectivity index (χ0v) is 16.9. The van der Waals surface area contributed by atoms with E-state index in [0.717, 1.165) is 21.5 Å². The lowest BCUT2D eigenvalue weighted by atomic mass is 10.2. The van der Waals surface area contributed by atoms with Gasteiger partial charge in [0.1, 0.15) is 17.3 Å².